The van der Waals surface area contributed by atoms with Crippen LogP contribution >= 0.6 is 0 Å². The number of rotatable bonds is 3. The van der Waals surface area contributed by atoms with Crippen molar-refractivity contribution in [1.29, 1.82) is 0 Å². The summed E-state index contributed by atoms with van der Waals surface area (Å²) in [4.78, 5) is 18.4. The van der Waals surface area contributed by atoms with Gasteiger partial charge in [-0.3, -0.25) is 4.79 Å². The van der Waals surface area contributed by atoms with Gasteiger partial charge in [-0.15, -0.1) is 0 Å². The number of aromatic nitrogens is 2. The SMILES string of the molecule is COc1ccc2cccc(Cc3nc(N)cc(=O)[nH]3)c2c1. The molecule has 0 amide bonds. The molecule has 0 unspecified atom stereocenters. The van der Waals surface area contributed by atoms with Crippen LogP contribution in [0.25, 0.3) is 10.8 Å². The van der Waals surface area contributed by atoms with Crippen LogP contribution in [0.2, 0.25) is 0 Å². The second-order valence-electron chi connectivity index (χ2n) is 4.80. The minimum Gasteiger partial charge on any atom is -0.497 e. The van der Waals surface area contributed by atoms with Crippen molar-refractivity contribution in [2.24, 2.45) is 0 Å². The zero-order valence-electron chi connectivity index (χ0n) is 11.6. The molecule has 3 aromatic rings. The maximum absolute atomic E-state index is 11.5. The molecular formula is C16H15N3O2. The second-order valence-corrected chi connectivity index (χ2v) is 4.80. The number of anilines is 1. The average Bonchev–Trinajstić information content (AvgIpc) is 2.46. The van der Waals surface area contributed by atoms with Crippen molar-refractivity contribution in [3.8, 4) is 5.75 Å². The molecule has 3 N–H and O–H groups in total. The molecule has 5 nitrogen and oxygen atoms in total. The van der Waals surface area contributed by atoms with Gasteiger partial charge >= 0.3 is 0 Å². The molecule has 0 saturated carbocycles. The Bertz CT molecular complexity index is 856. The van der Waals surface area contributed by atoms with Crippen LogP contribution in [-0.2, 0) is 6.42 Å². The van der Waals surface area contributed by atoms with E-state index >= 15 is 0 Å². The van der Waals surface area contributed by atoms with Gasteiger partial charge in [0, 0.05) is 12.5 Å². The normalized spacial score (nSPS) is 10.7. The van der Waals surface area contributed by atoms with Gasteiger partial charge in [-0.05, 0) is 28.5 Å². The van der Waals surface area contributed by atoms with Crippen molar-refractivity contribution in [3.05, 3.63) is 64.2 Å². The molecule has 0 aliphatic heterocycles. The number of H-pyrrole nitrogens is 1. The fraction of sp³-hybridized carbons (Fsp3) is 0.125. The number of hydrogen-bond donors (Lipinski definition) is 2. The number of methoxy groups -OCH3 is 1. The lowest BCUT2D eigenvalue weighted by atomic mass is 10.0. The quantitative estimate of drug-likeness (QED) is 0.770. The molecule has 0 bridgehead atoms. The molecule has 0 spiro atoms. The number of nitrogens with one attached hydrogen (secondary N) is 1. The van der Waals surface area contributed by atoms with Gasteiger partial charge in [0.15, 0.2) is 0 Å². The van der Waals surface area contributed by atoms with Gasteiger partial charge in [-0.25, -0.2) is 4.98 Å². The van der Waals surface area contributed by atoms with E-state index in [0.29, 0.717) is 12.2 Å². The first-order chi connectivity index (χ1) is 10.2. The largest absolute Gasteiger partial charge is 0.497 e. The summed E-state index contributed by atoms with van der Waals surface area (Å²) >= 11 is 0. The lowest BCUT2D eigenvalue weighted by molar-refractivity contribution is 0.415. The highest BCUT2D eigenvalue weighted by Gasteiger charge is 2.06. The first-order valence-electron chi connectivity index (χ1n) is 6.57. The maximum Gasteiger partial charge on any atom is 0.252 e. The van der Waals surface area contributed by atoms with Crippen molar-refractivity contribution < 1.29 is 4.74 Å². The van der Waals surface area contributed by atoms with E-state index in [4.69, 9.17) is 10.5 Å². The molecule has 1 aromatic heterocycles. The average molecular weight is 281 g/mol. The van der Waals surface area contributed by atoms with Gasteiger partial charge in [0.2, 0.25) is 0 Å². The van der Waals surface area contributed by atoms with E-state index in [1.54, 1.807) is 7.11 Å². The molecule has 1 heterocycles. The molecule has 5 heteroatoms. The van der Waals surface area contributed by atoms with Crippen LogP contribution in [0, 0.1) is 0 Å². The Hall–Kier alpha value is -2.82. The lowest BCUT2D eigenvalue weighted by Gasteiger charge is -2.08. The molecule has 21 heavy (non-hydrogen) atoms. The molecule has 106 valence electrons. The second kappa shape index (κ2) is 5.28. The molecule has 0 fully saturated rings. The van der Waals surface area contributed by atoms with E-state index < -0.39 is 0 Å². The third kappa shape index (κ3) is 2.72. The molecule has 0 aliphatic rings. The smallest absolute Gasteiger partial charge is 0.252 e. The summed E-state index contributed by atoms with van der Waals surface area (Å²) in [6.45, 7) is 0. The van der Waals surface area contributed by atoms with Gasteiger partial charge in [-0.1, -0.05) is 24.3 Å². The number of fused-ring (bicyclic) bond motifs is 1. The zero-order chi connectivity index (χ0) is 14.8. The van der Waals surface area contributed by atoms with Crippen LogP contribution in [0.1, 0.15) is 11.4 Å². The summed E-state index contributed by atoms with van der Waals surface area (Å²) in [5.41, 5.74) is 6.44. The van der Waals surface area contributed by atoms with E-state index in [9.17, 15) is 4.79 Å². The van der Waals surface area contributed by atoms with Crippen LogP contribution in [0.5, 0.6) is 5.75 Å². The van der Waals surface area contributed by atoms with Crippen molar-refractivity contribution in [2.45, 2.75) is 6.42 Å². The first kappa shape index (κ1) is 13.2. The molecule has 2 aromatic carbocycles. The van der Waals surface area contributed by atoms with Crippen molar-refractivity contribution >= 4 is 16.6 Å². The Morgan fingerprint density at radius 3 is 2.86 bits per heavy atom. The van der Waals surface area contributed by atoms with Gasteiger partial charge in [0.05, 0.1) is 7.11 Å². The summed E-state index contributed by atoms with van der Waals surface area (Å²) in [6.07, 6.45) is 0.505. The fourth-order valence-electron chi connectivity index (χ4n) is 2.39. The molecular weight excluding hydrogens is 266 g/mol. The van der Waals surface area contributed by atoms with Crippen LogP contribution in [0.4, 0.5) is 5.82 Å². The van der Waals surface area contributed by atoms with Crippen LogP contribution in [0.3, 0.4) is 0 Å². The predicted molar refractivity (Wildman–Crippen MR) is 82.6 cm³/mol. The topological polar surface area (TPSA) is 81.0 Å². The Kier molecular flexibility index (Phi) is 3.31. The predicted octanol–water partition coefficient (Wildman–Crippen LogP) is 2.10. The van der Waals surface area contributed by atoms with Gasteiger partial charge < -0.3 is 15.5 Å². The van der Waals surface area contributed by atoms with E-state index in [1.807, 2.05) is 36.4 Å². The third-order valence-corrected chi connectivity index (χ3v) is 3.35. The first-order valence-corrected chi connectivity index (χ1v) is 6.57. The molecule has 0 aliphatic carbocycles. The number of ether oxygens (including phenoxy) is 1. The minimum absolute atomic E-state index is 0.228. The number of nitrogen functional groups attached to an aromatic ring is 1. The van der Waals surface area contributed by atoms with Gasteiger partial charge in [-0.2, -0.15) is 0 Å². The Morgan fingerprint density at radius 1 is 1.24 bits per heavy atom. The highest BCUT2D eigenvalue weighted by molar-refractivity contribution is 5.87. The summed E-state index contributed by atoms with van der Waals surface area (Å²) in [5, 5.41) is 2.18. The fourth-order valence-corrected chi connectivity index (χ4v) is 2.39. The van der Waals surface area contributed by atoms with E-state index in [2.05, 4.69) is 9.97 Å². The minimum atomic E-state index is -0.240. The Morgan fingerprint density at radius 2 is 2.10 bits per heavy atom. The number of aromatic amines is 1. The van der Waals surface area contributed by atoms with E-state index in [-0.39, 0.29) is 11.4 Å². The summed E-state index contributed by atoms with van der Waals surface area (Å²) < 4.78 is 5.27. The summed E-state index contributed by atoms with van der Waals surface area (Å²) in [6, 6.07) is 13.2. The highest BCUT2D eigenvalue weighted by atomic mass is 16.5. The van der Waals surface area contributed by atoms with E-state index in [1.165, 1.54) is 6.07 Å². The number of nitrogens with two attached hydrogens (primary N) is 1. The number of nitrogens with zero attached hydrogens (tertiary/aromatic N) is 1. The monoisotopic (exact) mass is 281 g/mol. The van der Waals surface area contributed by atoms with Crippen molar-refractivity contribution in [3.63, 3.8) is 0 Å². The van der Waals surface area contributed by atoms with Crippen LogP contribution in [-0.4, -0.2) is 17.1 Å². The molecule has 0 saturated heterocycles. The Balaban J connectivity index is 2.09. The highest BCUT2D eigenvalue weighted by Crippen LogP contribution is 2.25. The lowest BCUT2D eigenvalue weighted by Crippen LogP contribution is -2.12. The molecule has 0 atom stereocenters. The standard InChI is InChI=1S/C16H15N3O2/c1-21-12-6-5-10-3-2-4-11(13(10)8-12)7-15-18-14(17)9-16(20)19-15/h2-6,8-9H,7H2,1H3,(H3,17,18,19,20). The van der Waals surface area contributed by atoms with Crippen molar-refractivity contribution in [2.75, 3.05) is 12.8 Å². The Labute approximate surface area is 121 Å². The molecule has 0 radical (unpaired) electrons. The summed E-state index contributed by atoms with van der Waals surface area (Å²) in [5.74, 6) is 1.57. The van der Waals surface area contributed by atoms with Gasteiger partial charge in [0.1, 0.15) is 17.4 Å². The number of hydrogen-bond acceptors (Lipinski definition) is 4. The van der Waals surface area contributed by atoms with E-state index in [0.717, 1.165) is 22.1 Å². The van der Waals surface area contributed by atoms with Crippen molar-refractivity contribution in [1.82, 2.24) is 9.97 Å². The zero-order valence-corrected chi connectivity index (χ0v) is 11.6. The number of benzene rings is 2. The maximum atomic E-state index is 11.5. The van der Waals surface area contributed by atoms with Gasteiger partial charge in [0.25, 0.3) is 5.56 Å². The van der Waals surface area contributed by atoms with Crippen LogP contribution in [0.15, 0.2) is 47.3 Å². The summed E-state index contributed by atoms with van der Waals surface area (Å²) in [7, 11) is 1.64. The third-order valence-electron chi connectivity index (χ3n) is 3.35. The van der Waals surface area contributed by atoms with Crippen LogP contribution < -0.4 is 16.0 Å². The molecule has 3 rings (SSSR count).